The summed E-state index contributed by atoms with van der Waals surface area (Å²) >= 11 is 0. The van der Waals surface area contributed by atoms with Gasteiger partial charge in [0.1, 0.15) is 12.6 Å². The predicted molar refractivity (Wildman–Crippen MR) is 142 cm³/mol. The lowest BCUT2D eigenvalue weighted by molar-refractivity contribution is -0.166. The van der Waals surface area contributed by atoms with Crippen LogP contribution in [0.3, 0.4) is 0 Å². The molecule has 5 nitrogen and oxygen atoms in total. The van der Waals surface area contributed by atoms with Crippen LogP contribution in [0.2, 0.25) is 0 Å². The molecule has 4 aliphatic rings. The number of allylic oxidation sites excluding steroid dienone is 2. The van der Waals surface area contributed by atoms with Gasteiger partial charge in [0, 0.05) is 13.0 Å². The molecule has 0 aromatic rings. The van der Waals surface area contributed by atoms with E-state index in [1.807, 2.05) is 0 Å². The van der Waals surface area contributed by atoms with Crippen molar-refractivity contribution < 1.29 is 24.5 Å². The predicted octanol–water partition coefficient (Wildman–Crippen LogP) is 5.55. The van der Waals surface area contributed by atoms with Crippen molar-refractivity contribution in [1.29, 1.82) is 0 Å². The SMILES string of the molecule is COCOC[C@H](C=C[C@@H](C)[C@H]1CCC2C3CC=C4C[C@@H](O)CC[C@]4(C)C3C[C@H](O)[C@@]21C(C)=O)C(C)C. The second kappa shape index (κ2) is 11.0. The summed E-state index contributed by atoms with van der Waals surface area (Å²) in [6.07, 6.45) is 12.4. The zero-order valence-electron chi connectivity index (χ0n) is 23.4. The van der Waals surface area contributed by atoms with Gasteiger partial charge in [0.2, 0.25) is 0 Å². The van der Waals surface area contributed by atoms with Gasteiger partial charge in [0.15, 0.2) is 0 Å². The molecule has 3 saturated carbocycles. The highest BCUT2D eigenvalue weighted by Gasteiger charge is 2.66. The first-order chi connectivity index (χ1) is 17.1. The van der Waals surface area contributed by atoms with Crippen LogP contribution in [0, 0.1) is 52.3 Å². The van der Waals surface area contributed by atoms with E-state index in [0.29, 0.717) is 37.6 Å². The van der Waals surface area contributed by atoms with E-state index in [0.717, 1.165) is 38.5 Å². The third kappa shape index (κ3) is 4.67. The Hall–Kier alpha value is -1.01. The number of hydrogen-bond donors (Lipinski definition) is 2. The van der Waals surface area contributed by atoms with Crippen molar-refractivity contribution >= 4 is 5.78 Å². The van der Waals surface area contributed by atoms with Crippen molar-refractivity contribution in [2.75, 3.05) is 20.5 Å². The highest BCUT2D eigenvalue weighted by molar-refractivity contribution is 5.84. The number of aliphatic hydroxyl groups is 2. The van der Waals surface area contributed by atoms with Crippen LogP contribution < -0.4 is 0 Å². The van der Waals surface area contributed by atoms with Crippen LogP contribution in [-0.4, -0.2) is 48.7 Å². The fourth-order valence-corrected chi connectivity index (χ4v) is 9.01. The van der Waals surface area contributed by atoms with Gasteiger partial charge in [-0.2, -0.15) is 0 Å². The minimum Gasteiger partial charge on any atom is -0.393 e. The molecule has 0 amide bonds. The quantitative estimate of drug-likeness (QED) is 0.246. The summed E-state index contributed by atoms with van der Waals surface area (Å²) in [5.74, 6) is 2.36. The van der Waals surface area contributed by atoms with E-state index in [-0.39, 0.29) is 41.0 Å². The lowest BCUT2D eigenvalue weighted by Crippen LogP contribution is -2.60. The summed E-state index contributed by atoms with van der Waals surface area (Å²) in [7, 11) is 1.64. The van der Waals surface area contributed by atoms with Crippen molar-refractivity contribution in [3.63, 3.8) is 0 Å². The fraction of sp³-hybridized carbons (Fsp3) is 0.839. The number of carbonyl (C=O) groups is 1. The Bertz CT molecular complexity index is 848. The third-order valence-electron chi connectivity index (χ3n) is 11.0. The summed E-state index contributed by atoms with van der Waals surface area (Å²) in [6, 6.07) is 0. The molecule has 204 valence electrons. The van der Waals surface area contributed by atoms with E-state index in [1.165, 1.54) is 5.57 Å². The Labute approximate surface area is 218 Å². The molecular formula is C31H50O5. The summed E-state index contributed by atoms with van der Waals surface area (Å²) < 4.78 is 10.7. The molecule has 10 atom stereocenters. The van der Waals surface area contributed by atoms with Crippen molar-refractivity contribution in [3.8, 4) is 0 Å². The van der Waals surface area contributed by atoms with Gasteiger partial charge in [-0.25, -0.2) is 0 Å². The van der Waals surface area contributed by atoms with Gasteiger partial charge in [-0.3, -0.25) is 4.79 Å². The summed E-state index contributed by atoms with van der Waals surface area (Å²) in [5, 5.41) is 22.2. The monoisotopic (exact) mass is 502 g/mol. The van der Waals surface area contributed by atoms with Crippen molar-refractivity contribution in [2.45, 2.75) is 91.8 Å². The molecule has 0 aromatic carbocycles. The molecule has 0 radical (unpaired) electrons. The molecule has 3 unspecified atom stereocenters. The molecule has 0 spiro atoms. The zero-order chi connectivity index (χ0) is 26.3. The molecule has 0 saturated heterocycles. The Morgan fingerprint density at radius 1 is 1.17 bits per heavy atom. The lowest BCUT2D eigenvalue weighted by Gasteiger charge is -2.60. The molecular weight excluding hydrogens is 452 g/mol. The first-order valence-corrected chi connectivity index (χ1v) is 14.4. The Morgan fingerprint density at radius 3 is 2.58 bits per heavy atom. The van der Waals surface area contributed by atoms with Gasteiger partial charge < -0.3 is 19.7 Å². The normalized spacial score (nSPS) is 42.0. The van der Waals surface area contributed by atoms with Gasteiger partial charge in [0.05, 0.1) is 24.2 Å². The van der Waals surface area contributed by atoms with Crippen LogP contribution in [0.1, 0.15) is 79.6 Å². The van der Waals surface area contributed by atoms with Gasteiger partial charge in [-0.1, -0.05) is 51.5 Å². The first-order valence-electron chi connectivity index (χ1n) is 14.4. The van der Waals surface area contributed by atoms with Crippen molar-refractivity contribution in [1.82, 2.24) is 0 Å². The molecule has 2 N–H and O–H groups in total. The number of methoxy groups -OCH3 is 1. The minimum atomic E-state index is -0.652. The molecule has 0 aromatic heterocycles. The number of ether oxygens (including phenoxy) is 2. The second-order valence-corrected chi connectivity index (χ2v) is 13.0. The first kappa shape index (κ1) is 28.0. The van der Waals surface area contributed by atoms with Gasteiger partial charge in [0.25, 0.3) is 0 Å². The van der Waals surface area contributed by atoms with Crippen molar-refractivity contribution in [2.24, 2.45) is 52.3 Å². The minimum absolute atomic E-state index is 0.0440. The largest absolute Gasteiger partial charge is 0.393 e. The number of rotatable bonds is 9. The van der Waals surface area contributed by atoms with Crippen LogP contribution in [0.25, 0.3) is 0 Å². The molecule has 36 heavy (non-hydrogen) atoms. The Morgan fingerprint density at radius 2 is 1.92 bits per heavy atom. The van der Waals surface area contributed by atoms with Crippen LogP contribution in [0.4, 0.5) is 0 Å². The van der Waals surface area contributed by atoms with Gasteiger partial charge in [-0.05, 0) is 92.8 Å². The molecule has 0 heterocycles. The van der Waals surface area contributed by atoms with E-state index in [4.69, 9.17) is 9.47 Å². The summed E-state index contributed by atoms with van der Waals surface area (Å²) in [6.45, 7) is 11.7. The fourth-order valence-electron chi connectivity index (χ4n) is 9.01. The van der Waals surface area contributed by atoms with E-state index >= 15 is 0 Å². The number of hydrogen-bond acceptors (Lipinski definition) is 5. The number of fused-ring (bicyclic) bond motifs is 5. The van der Waals surface area contributed by atoms with Crippen LogP contribution >= 0.6 is 0 Å². The Balaban J connectivity index is 1.59. The lowest BCUT2D eigenvalue weighted by atomic mass is 9.45. The molecule has 4 rings (SSSR count). The van der Waals surface area contributed by atoms with Crippen LogP contribution in [0.5, 0.6) is 0 Å². The number of carbonyl (C=O) groups excluding carboxylic acids is 1. The maximum absolute atomic E-state index is 13.6. The maximum Gasteiger partial charge on any atom is 0.146 e. The Kier molecular flexibility index (Phi) is 8.56. The van der Waals surface area contributed by atoms with E-state index in [2.05, 4.69) is 45.9 Å². The van der Waals surface area contributed by atoms with Crippen LogP contribution in [0.15, 0.2) is 23.8 Å². The van der Waals surface area contributed by atoms with E-state index in [9.17, 15) is 15.0 Å². The molecule has 3 fully saturated rings. The van der Waals surface area contributed by atoms with E-state index in [1.54, 1.807) is 14.0 Å². The topological polar surface area (TPSA) is 76.0 Å². The summed E-state index contributed by atoms with van der Waals surface area (Å²) in [5.41, 5.74) is 0.787. The number of ketones is 1. The van der Waals surface area contributed by atoms with Crippen LogP contribution in [-0.2, 0) is 14.3 Å². The maximum atomic E-state index is 13.6. The smallest absolute Gasteiger partial charge is 0.146 e. The molecule has 5 heteroatoms. The standard InChI is InChI=1S/C31H50O5/c1-19(2)22(17-36-18-35-6)8-7-20(3)26-11-12-27-25-10-9-23-15-24(33)13-14-30(23,5)28(25)16-29(34)31(26,27)21(4)32/h7-9,19-20,22,24-29,33-34H,10-18H2,1-6H3/t20-,22+,24+,25?,26-,27?,28?,29+,30+,31-/m1/s1. The van der Waals surface area contributed by atoms with Gasteiger partial charge in [-0.15, -0.1) is 0 Å². The number of aliphatic hydroxyl groups excluding tert-OH is 2. The molecule has 4 aliphatic carbocycles. The number of Topliss-reactive ketones (excluding diaryl/α,β-unsaturated/α-hetero) is 1. The third-order valence-corrected chi connectivity index (χ3v) is 11.0. The highest BCUT2D eigenvalue weighted by atomic mass is 16.7. The molecule has 0 bridgehead atoms. The second-order valence-electron chi connectivity index (χ2n) is 13.0. The summed E-state index contributed by atoms with van der Waals surface area (Å²) in [4.78, 5) is 13.6. The zero-order valence-corrected chi connectivity index (χ0v) is 23.4. The highest BCUT2D eigenvalue weighted by Crippen LogP contribution is 2.67. The van der Waals surface area contributed by atoms with Crippen molar-refractivity contribution in [3.05, 3.63) is 23.8 Å². The van der Waals surface area contributed by atoms with Gasteiger partial charge >= 0.3 is 0 Å². The average molecular weight is 503 g/mol. The molecule has 0 aliphatic heterocycles. The average Bonchev–Trinajstić information content (AvgIpc) is 3.24. The van der Waals surface area contributed by atoms with E-state index < -0.39 is 11.5 Å².